The first-order valence-corrected chi connectivity index (χ1v) is 7.64. The third kappa shape index (κ3) is 3.36. The van der Waals surface area contributed by atoms with E-state index in [2.05, 4.69) is 20.8 Å². The molecule has 0 aromatic heterocycles. The second-order valence-electron chi connectivity index (χ2n) is 6.13. The maximum Gasteiger partial charge on any atom is 0.194 e. The van der Waals surface area contributed by atoms with Crippen LogP contribution in [0.25, 0.3) is 0 Å². The number of benzene rings is 2. The van der Waals surface area contributed by atoms with Crippen molar-refractivity contribution in [1.82, 2.24) is 0 Å². The summed E-state index contributed by atoms with van der Waals surface area (Å²) in [5.41, 5.74) is 3.66. The van der Waals surface area contributed by atoms with Crippen LogP contribution >= 0.6 is 11.6 Å². The van der Waals surface area contributed by atoms with Crippen molar-refractivity contribution in [3.05, 3.63) is 69.7 Å². The minimum Gasteiger partial charge on any atom is -0.289 e. The molecule has 0 fully saturated rings. The van der Waals surface area contributed by atoms with Gasteiger partial charge >= 0.3 is 0 Å². The number of halogens is 1. The number of carbonyl (C=O) groups is 1. The van der Waals surface area contributed by atoms with Gasteiger partial charge in [0, 0.05) is 11.1 Å². The van der Waals surface area contributed by atoms with E-state index in [-0.39, 0.29) is 11.2 Å². The minimum absolute atomic E-state index is 0.0270. The SMILES string of the molecule is CCC(C)(C)c1ccc(C(=O)c2ccc(C)cc2Cl)cc1. The number of hydrogen-bond donors (Lipinski definition) is 0. The fraction of sp³-hybridized carbons (Fsp3) is 0.316. The van der Waals surface area contributed by atoms with Gasteiger partial charge in [-0.3, -0.25) is 4.79 Å². The van der Waals surface area contributed by atoms with Gasteiger partial charge in [-0.2, -0.15) is 0 Å². The zero-order chi connectivity index (χ0) is 15.6. The molecule has 2 rings (SSSR count). The number of aryl methyl sites for hydroxylation is 1. The van der Waals surface area contributed by atoms with Gasteiger partial charge in [0.2, 0.25) is 0 Å². The molecule has 0 amide bonds. The molecule has 110 valence electrons. The first kappa shape index (κ1) is 15.8. The summed E-state index contributed by atoms with van der Waals surface area (Å²) < 4.78 is 0. The van der Waals surface area contributed by atoms with Crippen molar-refractivity contribution >= 4 is 17.4 Å². The highest BCUT2D eigenvalue weighted by Crippen LogP contribution is 2.27. The molecule has 2 heteroatoms. The molecular weight excluding hydrogens is 280 g/mol. The molecule has 0 saturated heterocycles. The summed E-state index contributed by atoms with van der Waals surface area (Å²) in [4.78, 5) is 12.5. The van der Waals surface area contributed by atoms with Gasteiger partial charge in [-0.15, -0.1) is 0 Å². The summed E-state index contributed by atoms with van der Waals surface area (Å²) in [6, 6.07) is 13.4. The van der Waals surface area contributed by atoms with Crippen LogP contribution in [0.15, 0.2) is 42.5 Å². The van der Waals surface area contributed by atoms with Crippen molar-refractivity contribution in [1.29, 1.82) is 0 Å². The van der Waals surface area contributed by atoms with Crippen molar-refractivity contribution in [3.63, 3.8) is 0 Å². The van der Waals surface area contributed by atoms with E-state index in [9.17, 15) is 4.79 Å². The third-order valence-electron chi connectivity index (χ3n) is 4.18. The van der Waals surface area contributed by atoms with Crippen LogP contribution in [0.2, 0.25) is 5.02 Å². The highest BCUT2D eigenvalue weighted by Gasteiger charge is 2.19. The Hall–Kier alpha value is -1.60. The van der Waals surface area contributed by atoms with Crippen LogP contribution in [0.3, 0.4) is 0 Å². The van der Waals surface area contributed by atoms with E-state index in [1.165, 1.54) is 5.56 Å². The van der Waals surface area contributed by atoms with Crippen molar-refractivity contribution in [2.45, 2.75) is 39.5 Å². The maximum absolute atomic E-state index is 12.5. The lowest BCUT2D eigenvalue weighted by Crippen LogP contribution is -2.15. The molecule has 0 N–H and O–H groups in total. The topological polar surface area (TPSA) is 17.1 Å². The van der Waals surface area contributed by atoms with Crippen molar-refractivity contribution in [2.24, 2.45) is 0 Å². The molecule has 2 aromatic rings. The Labute approximate surface area is 132 Å². The summed E-state index contributed by atoms with van der Waals surface area (Å²) >= 11 is 6.18. The first-order valence-electron chi connectivity index (χ1n) is 7.26. The average molecular weight is 301 g/mol. The van der Waals surface area contributed by atoms with Gasteiger partial charge < -0.3 is 0 Å². The van der Waals surface area contributed by atoms with E-state index in [1.54, 1.807) is 6.07 Å². The third-order valence-corrected chi connectivity index (χ3v) is 4.49. The predicted octanol–water partition coefficient (Wildman–Crippen LogP) is 5.57. The molecule has 0 radical (unpaired) electrons. The van der Waals surface area contributed by atoms with E-state index >= 15 is 0 Å². The highest BCUT2D eigenvalue weighted by molar-refractivity contribution is 6.35. The summed E-state index contributed by atoms with van der Waals surface area (Å²) in [5.74, 6) is -0.0270. The maximum atomic E-state index is 12.5. The molecule has 0 aliphatic carbocycles. The number of ketones is 1. The Morgan fingerprint density at radius 2 is 1.71 bits per heavy atom. The normalized spacial score (nSPS) is 11.5. The molecule has 2 aromatic carbocycles. The molecule has 0 spiro atoms. The van der Waals surface area contributed by atoms with Crippen molar-refractivity contribution in [3.8, 4) is 0 Å². The molecule has 0 aliphatic heterocycles. The van der Waals surface area contributed by atoms with E-state index in [4.69, 9.17) is 11.6 Å². The van der Waals surface area contributed by atoms with E-state index in [0.717, 1.165) is 12.0 Å². The van der Waals surface area contributed by atoms with E-state index < -0.39 is 0 Å². The van der Waals surface area contributed by atoms with E-state index in [0.29, 0.717) is 16.1 Å². The minimum atomic E-state index is -0.0270. The van der Waals surface area contributed by atoms with Crippen LogP contribution in [0, 0.1) is 6.92 Å². The lowest BCUT2D eigenvalue weighted by atomic mass is 9.82. The van der Waals surface area contributed by atoms with Gasteiger partial charge in [0.1, 0.15) is 0 Å². The monoisotopic (exact) mass is 300 g/mol. The molecule has 0 unspecified atom stereocenters. The fourth-order valence-electron chi connectivity index (χ4n) is 2.24. The number of carbonyl (C=O) groups excluding carboxylic acids is 1. The molecule has 0 saturated carbocycles. The zero-order valence-corrected chi connectivity index (χ0v) is 13.8. The van der Waals surface area contributed by atoms with Crippen LogP contribution < -0.4 is 0 Å². The van der Waals surface area contributed by atoms with Gasteiger partial charge in [0.25, 0.3) is 0 Å². The summed E-state index contributed by atoms with van der Waals surface area (Å²) in [5, 5.41) is 0.512. The molecule has 1 nitrogen and oxygen atoms in total. The van der Waals surface area contributed by atoms with Gasteiger partial charge in [-0.05, 0) is 42.0 Å². The predicted molar refractivity (Wildman–Crippen MR) is 89.4 cm³/mol. The lowest BCUT2D eigenvalue weighted by Gasteiger charge is -2.23. The Morgan fingerprint density at radius 3 is 2.24 bits per heavy atom. The van der Waals surface area contributed by atoms with Gasteiger partial charge in [0.05, 0.1) is 5.02 Å². The van der Waals surface area contributed by atoms with E-state index in [1.807, 2.05) is 43.3 Å². The summed E-state index contributed by atoms with van der Waals surface area (Å²) in [7, 11) is 0. The van der Waals surface area contributed by atoms with Crippen LogP contribution in [-0.4, -0.2) is 5.78 Å². The standard InChI is InChI=1S/C19H21ClO/c1-5-19(3,4)15-9-7-14(8-10-15)18(21)16-11-6-13(2)12-17(16)20/h6-12H,5H2,1-4H3. The van der Waals surface area contributed by atoms with Gasteiger partial charge in [-0.25, -0.2) is 0 Å². The van der Waals surface area contributed by atoms with Gasteiger partial charge in [0.15, 0.2) is 5.78 Å². The second kappa shape index (κ2) is 6.03. The molecule has 0 heterocycles. The largest absolute Gasteiger partial charge is 0.289 e. The Bertz CT molecular complexity index is 654. The smallest absolute Gasteiger partial charge is 0.194 e. The molecule has 21 heavy (non-hydrogen) atoms. The highest BCUT2D eigenvalue weighted by atomic mass is 35.5. The Morgan fingerprint density at radius 1 is 1.10 bits per heavy atom. The summed E-state index contributed by atoms with van der Waals surface area (Å²) in [6.07, 6.45) is 1.06. The zero-order valence-electron chi connectivity index (χ0n) is 13.0. The van der Waals surface area contributed by atoms with Crippen molar-refractivity contribution < 1.29 is 4.79 Å². The molecule has 0 atom stereocenters. The van der Waals surface area contributed by atoms with Crippen LogP contribution in [-0.2, 0) is 5.41 Å². The van der Waals surface area contributed by atoms with Gasteiger partial charge in [-0.1, -0.05) is 62.7 Å². The van der Waals surface area contributed by atoms with Crippen molar-refractivity contribution in [2.75, 3.05) is 0 Å². The van der Waals surface area contributed by atoms with Crippen LogP contribution in [0.1, 0.15) is 54.2 Å². The quantitative estimate of drug-likeness (QED) is 0.675. The first-order chi connectivity index (χ1) is 9.85. The van der Waals surface area contributed by atoms with Crippen LogP contribution in [0.4, 0.5) is 0 Å². The average Bonchev–Trinajstić information content (AvgIpc) is 2.47. The fourth-order valence-corrected chi connectivity index (χ4v) is 2.56. The molecule has 0 bridgehead atoms. The summed E-state index contributed by atoms with van der Waals surface area (Å²) in [6.45, 7) is 8.55. The second-order valence-corrected chi connectivity index (χ2v) is 6.53. The molecule has 0 aliphatic rings. The number of rotatable bonds is 4. The Kier molecular flexibility index (Phi) is 4.53. The number of hydrogen-bond acceptors (Lipinski definition) is 1. The molecular formula is C19H21ClO. The lowest BCUT2D eigenvalue weighted by molar-refractivity contribution is 0.103. The Balaban J connectivity index is 2.32. The van der Waals surface area contributed by atoms with Crippen LogP contribution in [0.5, 0.6) is 0 Å².